The van der Waals surface area contributed by atoms with E-state index in [4.69, 9.17) is 5.11 Å². The van der Waals surface area contributed by atoms with Gasteiger partial charge in [0.05, 0.1) is 11.0 Å². The second kappa shape index (κ2) is 5.12. The minimum atomic E-state index is -0.381. The summed E-state index contributed by atoms with van der Waals surface area (Å²) in [5, 5.41) is 13.8. The summed E-state index contributed by atoms with van der Waals surface area (Å²) in [6, 6.07) is 3.64. The summed E-state index contributed by atoms with van der Waals surface area (Å²) < 4.78 is 0. The third kappa shape index (κ3) is 3.47. The Kier molecular flexibility index (Phi) is 4.10. The molecule has 0 fully saturated rings. The van der Waals surface area contributed by atoms with Gasteiger partial charge in [-0.1, -0.05) is 6.07 Å². The van der Waals surface area contributed by atoms with Crippen molar-refractivity contribution in [2.75, 3.05) is 0 Å². The third-order valence-electron chi connectivity index (χ3n) is 1.82. The molecule has 2 atom stereocenters. The van der Waals surface area contributed by atoms with Crippen LogP contribution in [0.4, 0.5) is 0 Å². The van der Waals surface area contributed by atoms with E-state index < -0.39 is 0 Å². The van der Waals surface area contributed by atoms with Crippen LogP contribution in [0.2, 0.25) is 0 Å². The average molecular weight is 213 g/mol. The molecule has 1 amide bonds. The highest BCUT2D eigenvalue weighted by Crippen LogP contribution is 2.08. The fraction of sp³-hybridized carbons (Fsp3) is 0.500. The number of rotatable bonds is 4. The van der Waals surface area contributed by atoms with Crippen molar-refractivity contribution < 1.29 is 9.90 Å². The van der Waals surface area contributed by atoms with E-state index in [0.717, 1.165) is 0 Å². The van der Waals surface area contributed by atoms with E-state index in [9.17, 15) is 4.79 Å². The molecular weight excluding hydrogens is 198 g/mol. The van der Waals surface area contributed by atoms with Crippen LogP contribution in [0.1, 0.15) is 29.9 Å². The van der Waals surface area contributed by atoms with E-state index in [0.29, 0.717) is 11.3 Å². The van der Waals surface area contributed by atoms with Crippen LogP contribution >= 0.6 is 11.3 Å². The highest BCUT2D eigenvalue weighted by Gasteiger charge is 2.11. The molecule has 0 radical (unpaired) electrons. The lowest BCUT2D eigenvalue weighted by molar-refractivity contribution is 0.0927. The van der Waals surface area contributed by atoms with Crippen LogP contribution in [0.25, 0.3) is 0 Å². The summed E-state index contributed by atoms with van der Waals surface area (Å²) in [5.74, 6) is -0.0619. The van der Waals surface area contributed by atoms with Crippen molar-refractivity contribution in [2.24, 2.45) is 0 Å². The molecule has 1 aromatic heterocycles. The summed E-state index contributed by atoms with van der Waals surface area (Å²) >= 11 is 1.42. The number of hydrogen-bond acceptors (Lipinski definition) is 3. The molecular formula is C10H15NO2S. The lowest BCUT2D eigenvalue weighted by atomic mass is 10.1. The molecule has 1 rings (SSSR count). The fourth-order valence-corrected chi connectivity index (χ4v) is 1.90. The number of hydrogen-bond donors (Lipinski definition) is 2. The zero-order valence-electron chi connectivity index (χ0n) is 8.36. The van der Waals surface area contributed by atoms with Crippen LogP contribution in [-0.4, -0.2) is 23.2 Å². The van der Waals surface area contributed by atoms with E-state index >= 15 is 0 Å². The Labute approximate surface area is 87.8 Å². The van der Waals surface area contributed by atoms with Gasteiger partial charge in [0.2, 0.25) is 0 Å². The first-order chi connectivity index (χ1) is 6.59. The van der Waals surface area contributed by atoms with Crippen LogP contribution < -0.4 is 5.32 Å². The monoisotopic (exact) mass is 213 g/mol. The van der Waals surface area contributed by atoms with Gasteiger partial charge >= 0.3 is 0 Å². The van der Waals surface area contributed by atoms with Crippen LogP contribution in [0.5, 0.6) is 0 Å². The molecule has 0 bridgehead atoms. The van der Waals surface area contributed by atoms with Gasteiger partial charge in [0.1, 0.15) is 0 Å². The highest BCUT2D eigenvalue weighted by molar-refractivity contribution is 7.12. The Morgan fingerprint density at radius 2 is 2.36 bits per heavy atom. The van der Waals surface area contributed by atoms with E-state index in [1.807, 2.05) is 18.4 Å². The van der Waals surface area contributed by atoms with Gasteiger partial charge in [0.25, 0.3) is 5.91 Å². The van der Waals surface area contributed by atoms with Crippen molar-refractivity contribution >= 4 is 17.2 Å². The smallest absolute Gasteiger partial charge is 0.261 e. The largest absolute Gasteiger partial charge is 0.393 e. The number of carbonyl (C=O) groups excluding carboxylic acids is 1. The van der Waals surface area contributed by atoms with Gasteiger partial charge in [0.15, 0.2) is 0 Å². The fourth-order valence-electron chi connectivity index (χ4n) is 1.27. The van der Waals surface area contributed by atoms with Crippen molar-refractivity contribution in [1.82, 2.24) is 5.32 Å². The number of aliphatic hydroxyl groups excluding tert-OH is 1. The van der Waals surface area contributed by atoms with Crippen molar-refractivity contribution in [2.45, 2.75) is 32.4 Å². The molecule has 14 heavy (non-hydrogen) atoms. The normalized spacial score (nSPS) is 14.8. The molecule has 1 aromatic rings. The van der Waals surface area contributed by atoms with Crippen molar-refractivity contribution in [3.8, 4) is 0 Å². The molecule has 0 aliphatic carbocycles. The number of thiophene rings is 1. The Balaban J connectivity index is 2.41. The zero-order chi connectivity index (χ0) is 10.6. The SMILES string of the molecule is CC(O)CC(C)NC(=O)c1cccs1. The predicted molar refractivity (Wildman–Crippen MR) is 57.5 cm³/mol. The maximum Gasteiger partial charge on any atom is 0.261 e. The number of amides is 1. The molecule has 0 spiro atoms. The van der Waals surface area contributed by atoms with Crippen LogP contribution in [0.15, 0.2) is 17.5 Å². The van der Waals surface area contributed by atoms with Crippen LogP contribution in [0, 0.1) is 0 Å². The Bertz CT molecular complexity index is 282. The van der Waals surface area contributed by atoms with Gasteiger partial charge in [0, 0.05) is 6.04 Å². The lowest BCUT2D eigenvalue weighted by Crippen LogP contribution is -2.34. The van der Waals surface area contributed by atoms with Crippen molar-refractivity contribution in [3.63, 3.8) is 0 Å². The summed E-state index contributed by atoms with van der Waals surface area (Å²) in [5.41, 5.74) is 0. The van der Waals surface area contributed by atoms with Gasteiger partial charge in [-0.25, -0.2) is 0 Å². The number of nitrogens with one attached hydrogen (secondary N) is 1. The first-order valence-electron chi connectivity index (χ1n) is 4.62. The molecule has 78 valence electrons. The molecule has 0 saturated heterocycles. The topological polar surface area (TPSA) is 49.3 Å². The van der Waals surface area contributed by atoms with E-state index in [1.54, 1.807) is 13.0 Å². The second-order valence-corrected chi connectivity index (χ2v) is 4.38. The van der Waals surface area contributed by atoms with E-state index in [1.165, 1.54) is 11.3 Å². The van der Waals surface area contributed by atoms with Crippen molar-refractivity contribution in [3.05, 3.63) is 22.4 Å². The molecule has 1 heterocycles. The van der Waals surface area contributed by atoms with Gasteiger partial charge in [-0.2, -0.15) is 0 Å². The Morgan fingerprint density at radius 3 is 2.86 bits per heavy atom. The quantitative estimate of drug-likeness (QED) is 0.798. The highest BCUT2D eigenvalue weighted by atomic mass is 32.1. The molecule has 2 unspecified atom stereocenters. The average Bonchev–Trinajstić information content (AvgIpc) is 2.53. The first-order valence-corrected chi connectivity index (χ1v) is 5.50. The minimum Gasteiger partial charge on any atom is -0.393 e. The predicted octanol–water partition coefficient (Wildman–Crippen LogP) is 1.64. The Hall–Kier alpha value is -0.870. The molecule has 0 aliphatic rings. The maximum absolute atomic E-state index is 11.5. The molecule has 3 nitrogen and oxygen atoms in total. The number of aliphatic hydroxyl groups is 1. The molecule has 4 heteroatoms. The van der Waals surface area contributed by atoms with Crippen LogP contribution in [0.3, 0.4) is 0 Å². The third-order valence-corrected chi connectivity index (χ3v) is 2.69. The summed E-state index contributed by atoms with van der Waals surface area (Å²) in [4.78, 5) is 12.2. The Morgan fingerprint density at radius 1 is 1.64 bits per heavy atom. The van der Waals surface area contributed by atoms with E-state index in [2.05, 4.69) is 5.32 Å². The van der Waals surface area contributed by atoms with Gasteiger partial charge in [-0.15, -0.1) is 11.3 Å². The first kappa shape index (κ1) is 11.2. The summed E-state index contributed by atoms with van der Waals surface area (Å²) in [7, 11) is 0. The van der Waals surface area contributed by atoms with Gasteiger partial charge in [-0.05, 0) is 31.7 Å². The molecule has 0 aliphatic heterocycles. The van der Waals surface area contributed by atoms with Crippen molar-refractivity contribution in [1.29, 1.82) is 0 Å². The molecule has 0 aromatic carbocycles. The summed E-state index contributed by atoms with van der Waals surface area (Å²) in [6.45, 7) is 3.60. The van der Waals surface area contributed by atoms with Gasteiger partial charge in [-0.3, -0.25) is 4.79 Å². The minimum absolute atomic E-state index is 0.00426. The maximum atomic E-state index is 11.5. The number of carbonyl (C=O) groups is 1. The second-order valence-electron chi connectivity index (χ2n) is 3.44. The molecule has 2 N–H and O–H groups in total. The summed E-state index contributed by atoms with van der Waals surface area (Å²) in [6.07, 6.45) is 0.200. The lowest BCUT2D eigenvalue weighted by Gasteiger charge is -2.14. The zero-order valence-corrected chi connectivity index (χ0v) is 9.17. The van der Waals surface area contributed by atoms with Gasteiger partial charge < -0.3 is 10.4 Å². The van der Waals surface area contributed by atoms with Crippen LogP contribution in [-0.2, 0) is 0 Å². The molecule has 0 saturated carbocycles. The standard InChI is InChI=1S/C10H15NO2S/c1-7(6-8(2)12)11-10(13)9-4-3-5-14-9/h3-5,7-8,12H,6H2,1-2H3,(H,11,13). The van der Waals surface area contributed by atoms with E-state index in [-0.39, 0.29) is 18.1 Å².